The molecule has 0 saturated carbocycles. The van der Waals surface area contributed by atoms with Gasteiger partial charge in [-0.3, -0.25) is 4.98 Å². The molecule has 1 rings (SSSR count). The highest BCUT2D eigenvalue weighted by Crippen LogP contribution is 2.26. The Hall–Kier alpha value is -0.370. The zero-order valence-corrected chi connectivity index (χ0v) is 8.43. The summed E-state index contributed by atoms with van der Waals surface area (Å²) in [5.74, 6) is -0.874. The van der Waals surface area contributed by atoms with Gasteiger partial charge in [-0.15, -0.1) is 0 Å². The van der Waals surface area contributed by atoms with Gasteiger partial charge in [0.15, 0.2) is 5.82 Å². The van der Waals surface area contributed by atoms with Gasteiger partial charge in [0.2, 0.25) is 0 Å². The standard InChI is InChI=1S/C7H5F3INO/c8-5-4(2-13)12-1-3(6(5)11)7(9)10/h1,7,13H,2H2. The van der Waals surface area contributed by atoms with E-state index in [9.17, 15) is 13.2 Å². The Morgan fingerprint density at radius 3 is 2.62 bits per heavy atom. The van der Waals surface area contributed by atoms with E-state index < -0.39 is 24.4 Å². The van der Waals surface area contributed by atoms with Gasteiger partial charge < -0.3 is 5.11 Å². The molecule has 1 aromatic rings. The minimum Gasteiger partial charge on any atom is -0.390 e. The summed E-state index contributed by atoms with van der Waals surface area (Å²) in [5, 5.41) is 8.58. The molecule has 1 heterocycles. The Morgan fingerprint density at radius 2 is 2.15 bits per heavy atom. The molecule has 13 heavy (non-hydrogen) atoms. The van der Waals surface area contributed by atoms with Crippen molar-refractivity contribution in [1.82, 2.24) is 4.98 Å². The highest BCUT2D eigenvalue weighted by Gasteiger charge is 2.17. The molecule has 0 fully saturated rings. The topological polar surface area (TPSA) is 33.1 Å². The Kier molecular flexibility index (Phi) is 3.48. The van der Waals surface area contributed by atoms with Gasteiger partial charge in [0.25, 0.3) is 6.43 Å². The first kappa shape index (κ1) is 10.7. The molecule has 0 radical (unpaired) electrons. The summed E-state index contributed by atoms with van der Waals surface area (Å²) in [7, 11) is 0. The third kappa shape index (κ3) is 2.11. The van der Waals surface area contributed by atoms with Gasteiger partial charge in [0.1, 0.15) is 5.69 Å². The summed E-state index contributed by atoms with van der Waals surface area (Å²) in [6, 6.07) is 0. The van der Waals surface area contributed by atoms with Crippen molar-refractivity contribution in [3.63, 3.8) is 0 Å². The lowest BCUT2D eigenvalue weighted by Gasteiger charge is -2.05. The van der Waals surface area contributed by atoms with Crippen LogP contribution in [0.15, 0.2) is 6.20 Å². The van der Waals surface area contributed by atoms with Gasteiger partial charge in [-0.25, -0.2) is 13.2 Å². The van der Waals surface area contributed by atoms with Gasteiger partial charge in [0.05, 0.1) is 15.7 Å². The second kappa shape index (κ2) is 4.23. The smallest absolute Gasteiger partial charge is 0.266 e. The molecule has 0 amide bonds. The number of rotatable bonds is 2. The molecule has 0 aromatic carbocycles. The van der Waals surface area contributed by atoms with E-state index in [-0.39, 0.29) is 9.26 Å². The number of pyridine rings is 1. The number of aliphatic hydroxyl groups excluding tert-OH is 1. The Labute approximate surface area is 85.9 Å². The second-order valence-corrected chi connectivity index (χ2v) is 3.33. The van der Waals surface area contributed by atoms with Crippen LogP contribution >= 0.6 is 22.6 Å². The van der Waals surface area contributed by atoms with Gasteiger partial charge in [-0.1, -0.05) is 0 Å². The van der Waals surface area contributed by atoms with E-state index >= 15 is 0 Å². The summed E-state index contributed by atoms with van der Waals surface area (Å²) in [5.41, 5.74) is -0.663. The van der Waals surface area contributed by atoms with Crippen molar-refractivity contribution in [3.05, 3.63) is 26.8 Å². The highest BCUT2D eigenvalue weighted by atomic mass is 127. The Balaban J connectivity index is 3.23. The van der Waals surface area contributed by atoms with E-state index in [1.54, 1.807) is 0 Å². The average Bonchev–Trinajstić information content (AvgIpc) is 2.09. The van der Waals surface area contributed by atoms with Crippen LogP contribution in [-0.2, 0) is 6.61 Å². The van der Waals surface area contributed by atoms with Crippen LogP contribution in [-0.4, -0.2) is 10.1 Å². The number of halogens is 4. The van der Waals surface area contributed by atoms with E-state index in [0.717, 1.165) is 6.20 Å². The van der Waals surface area contributed by atoms with Gasteiger partial charge in [-0.2, -0.15) is 0 Å². The van der Waals surface area contributed by atoms with Crippen LogP contribution in [0, 0.1) is 9.39 Å². The maximum atomic E-state index is 13.1. The zero-order chi connectivity index (χ0) is 10.0. The highest BCUT2D eigenvalue weighted by molar-refractivity contribution is 14.1. The molecule has 0 aliphatic carbocycles. The van der Waals surface area contributed by atoms with Gasteiger partial charge in [-0.05, 0) is 22.6 Å². The summed E-state index contributed by atoms with van der Waals surface area (Å²) in [4.78, 5) is 3.37. The van der Waals surface area contributed by atoms with Crippen LogP contribution in [0.5, 0.6) is 0 Å². The molecule has 0 unspecified atom stereocenters. The van der Waals surface area contributed by atoms with Crippen molar-refractivity contribution in [3.8, 4) is 0 Å². The van der Waals surface area contributed by atoms with Crippen molar-refractivity contribution in [2.45, 2.75) is 13.0 Å². The van der Waals surface area contributed by atoms with Crippen LogP contribution < -0.4 is 0 Å². The largest absolute Gasteiger partial charge is 0.390 e. The third-order valence-corrected chi connectivity index (χ3v) is 2.54. The molecule has 1 N–H and O–H groups in total. The molecule has 0 bridgehead atoms. The summed E-state index contributed by atoms with van der Waals surface area (Å²) in [6.45, 7) is -0.592. The molecule has 2 nitrogen and oxygen atoms in total. The van der Waals surface area contributed by atoms with Gasteiger partial charge >= 0.3 is 0 Å². The molecular formula is C7H5F3INO. The van der Waals surface area contributed by atoms with Crippen LogP contribution in [0.25, 0.3) is 0 Å². The minimum absolute atomic E-state index is 0.188. The fraction of sp³-hybridized carbons (Fsp3) is 0.286. The van der Waals surface area contributed by atoms with E-state index in [1.165, 1.54) is 22.6 Å². The predicted molar refractivity (Wildman–Crippen MR) is 47.8 cm³/mol. The first-order chi connectivity index (χ1) is 6.07. The summed E-state index contributed by atoms with van der Waals surface area (Å²) < 4.78 is 37.2. The molecule has 0 saturated heterocycles. The lowest BCUT2D eigenvalue weighted by atomic mass is 10.2. The summed E-state index contributed by atoms with van der Waals surface area (Å²) in [6.07, 6.45) is -1.87. The SMILES string of the molecule is OCc1ncc(C(F)F)c(I)c1F. The van der Waals surface area contributed by atoms with Gasteiger partial charge in [0, 0.05) is 6.20 Å². The fourth-order valence-corrected chi connectivity index (χ4v) is 1.46. The minimum atomic E-state index is -2.75. The van der Waals surface area contributed by atoms with E-state index in [4.69, 9.17) is 5.11 Å². The van der Waals surface area contributed by atoms with Crippen molar-refractivity contribution in [1.29, 1.82) is 0 Å². The summed E-state index contributed by atoms with van der Waals surface area (Å²) >= 11 is 1.46. The number of hydrogen-bond acceptors (Lipinski definition) is 2. The molecule has 1 aromatic heterocycles. The molecule has 0 atom stereocenters. The number of alkyl halides is 2. The lowest BCUT2D eigenvalue weighted by Crippen LogP contribution is -2.02. The molecule has 6 heteroatoms. The third-order valence-electron chi connectivity index (χ3n) is 1.44. The number of aromatic nitrogens is 1. The first-order valence-electron chi connectivity index (χ1n) is 3.29. The van der Waals surface area contributed by atoms with E-state index in [0.29, 0.717) is 0 Å². The Morgan fingerprint density at radius 1 is 1.54 bits per heavy atom. The average molecular weight is 303 g/mol. The predicted octanol–water partition coefficient (Wildman–Crippen LogP) is 2.26. The van der Waals surface area contributed by atoms with E-state index in [1.807, 2.05) is 0 Å². The molecule has 0 spiro atoms. The molecular weight excluding hydrogens is 298 g/mol. The van der Waals surface area contributed by atoms with Crippen molar-refractivity contribution in [2.24, 2.45) is 0 Å². The van der Waals surface area contributed by atoms with Crippen molar-refractivity contribution < 1.29 is 18.3 Å². The maximum absolute atomic E-state index is 13.1. The number of hydrogen-bond donors (Lipinski definition) is 1. The quantitative estimate of drug-likeness (QED) is 0.850. The fourth-order valence-electron chi connectivity index (χ4n) is 0.777. The lowest BCUT2D eigenvalue weighted by molar-refractivity contribution is 0.149. The molecule has 0 aliphatic heterocycles. The van der Waals surface area contributed by atoms with E-state index in [2.05, 4.69) is 4.98 Å². The van der Waals surface area contributed by atoms with Crippen molar-refractivity contribution in [2.75, 3.05) is 0 Å². The van der Waals surface area contributed by atoms with Crippen LogP contribution in [0.2, 0.25) is 0 Å². The van der Waals surface area contributed by atoms with Crippen LogP contribution in [0.4, 0.5) is 13.2 Å². The Bertz CT molecular complexity index is 319. The second-order valence-electron chi connectivity index (χ2n) is 2.25. The molecule has 0 aliphatic rings. The van der Waals surface area contributed by atoms with Crippen LogP contribution in [0.1, 0.15) is 17.7 Å². The maximum Gasteiger partial charge on any atom is 0.266 e. The van der Waals surface area contributed by atoms with Crippen LogP contribution in [0.3, 0.4) is 0 Å². The number of nitrogens with zero attached hydrogens (tertiary/aromatic N) is 1. The first-order valence-corrected chi connectivity index (χ1v) is 4.37. The monoisotopic (exact) mass is 303 g/mol. The van der Waals surface area contributed by atoms with Crippen molar-refractivity contribution >= 4 is 22.6 Å². The number of aliphatic hydroxyl groups is 1. The zero-order valence-electron chi connectivity index (χ0n) is 6.27. The normalized spacial score (nSPS) is 10.9. The molecule has 72 valence electrons.